The number of benzene rings is 1. The molecule has 24 heavy (non-hydrogen) atoms. The Kier molecular flexibility index (Phi) is 3.80. The maximum atomic E-state index is 5.55. The largest absolute Gasteiger partial charge is 0.494 e. The van der Waals surface area contributed by atoms with Gasteiger partial charge in [-0.25, -0.2) is 9.97 Å². The van der Waals surface area contributed by atoms with Gasteiger partial charge in [-0.1, -0.05) is 12.1 Å². The molecule has 6 nitrogen and oxygen atoms in total. The Morgan fingerprint density at radius 3 is 2.71 bits per heavy atom. The second kappa shape index (κ2) is 6.11. The number of anilines is 1. The van der Waals surface area contributed by atoms with Crippen molar-refractivity contribution in [2.75, 3.05) is 11.5 Å². The number of aryl methyl sites for hydroxylation is 1. The highest BCUT2D eigenvalue weighted by atomic mass is 16.5. The van der Waals surface area contributed by atoms with Crippen molar-refractivity contribution in [3.8, 4) is 5.75 Å². The van der Waals surface area contributed by atoms with Gasteiger partial charge < -0.3 is 14.1 Å². The molecule has 1 saturated carbocycles. The Morgan fingerprint density at radius 1 is 1.21 bits per heavy atom. The van der Waals surface area contributed by atoms with E-state index in [1.165, 1.54) is 18.4 Å². The van der Waals surface area contributed by atoms with Crippen LogP contribution in [0.4, 0.5) is 5.82 Å². The molecule has 0 radical (unpaired) electrons. The summed E-state index contributed by atoms with van der Waals surface area (Å²) in [5.74, 6) is 2.37. The maximum Gasteiger partial charge on any atom is 0.252 e. The minimum absolute atomic E-state index is 0.506. The summed E-state index contributed by atoms with van der Waals surface area (Å²) < 4.78 is 11.1. The zero-order valence-corrected chi connectivity index (χ0v) is 13.9. The van der Waals surface area contributed by atoms with Crippen molar-refractivity contribution in [3.05, 3.63) is 42.0 Å². The van der Waals surface area contributed by atoms with E-state index in [0.717, 1.165) is 23.6 Å². The van der Waals surface area contributed by atoms with Crippen molar-refractivity contribution in [2.24, 2.45) is 0 Å². The van der Waals surface area contributed by atoms with Gasteiger partial charge in [0.2, 0.25) is 0 Å². The molecule has 0 saturated heterocycles. The highest BCUT2D eigenvalue weighted by Crippen LogP contribution is 2.35. The molecule has 0 unspecified atom stereocenters. The van der Waals surface area contributed by atoms with E-state index in [4.69, 9.17) is 9.15 Å². The van der Waals surface area contributed by atoms with E-state index < -0.39 is 0 Å². The van der Waals surface area contributed by atoms with E-state index in [-0.39, 0.29) is 0 Å². The minimum atomic E-state index is 0.506. The third-order valence-corrected chi connectivity index (χ3v) is 4.13. The molecule has 1 aliphatic rings. The Bertz CT molecular complexity index is 840. The highest BCUT2D eigenvalue weighted by molar-refractivity contribution is 5.82. The molecular formula is C18H20N4O2. The average Bonchev–Trinajstić information content (AvgIpc) is 3.34. The molecular weight excluding hydrogens is 304 g/mol. The first-order valence-corrected chi connectivity index (χ1v) is 8.31. The first kappa shape index (κ1) is 14.9. The van der Waals surface area contributed by atoms with Gasteiger partial charge in [0.05, 0.1) is 6.61 Å². The molecule has 1 aromatic carbocycles. The number of ether oxygens (including phenoxy) is 1. The second-order valence-corrected chi connectivity index (χ2v) is 6.02. The lowest BCUT2D eigenvalue weighted by atomic mass is 10.2. The normalized spacial score (nSPS) is 14.1. The van der Waals surface area contributed by atoms with Gasteiger partial charge in [0.25, 0.3) is 5.71 Å². The fraction of sp³-hybridized carbons (Fsp3) is 0.389. The molecule has 1 fully saturated rings. The molecule has 0 N–H and O–H groups in total. The van der Waals surface area contributed by atoms with Gasteiger partial charge in [-0.15, -0.1) is 0 Å². The molecule has 0 bridgehead atoms. The predicted octanol–water partition coefficient (Wildman–Crippen LogP) is 3.49. The number of hydrogen-bond donors (Lipinski definition) is 0. The third-order valence-electron chi connectivity index (χ3n) is 4.13. The number of nitrogens with zero attached hydrogens (tertiary/aromatic N) is 4. The van der Waals surface area contributed by atoms with Crippen molar-refractivity contribution in [1.29, 1.82) is 0 Å². The summed E-state index contributed by atoms with van der Waals surface area (Å²) in [7, 11) is 0. The van der Waals surface area contributed by atoms with Crippen molar-refractivity contribution >= 4 is 17.0 Å². The first-order chi connectivity index (χ1) is 11.7. The molecule has 2 aromatic heterocycles. The summed E-state index contributed by atoms with van der Waals surface area (Å²) >= 11 is 0. The minimum Gasteiger partial charge on any atom is -0.494 e. The van der Waals surface area contributed by atoms with Gasteiger partial charge in [-0.2, -0.15) is 4.98 Å². The smallest absolute Gasteiger partial charge is 0.252 e. The lowest BCUT2D eigenvalue weighted by Gasteiger charge is -2.23. The van der Waals surface area contributed by atoms with Crippen molar-refractivity contribution in [1.82, 2.24) is 15.0 Å². The van der Waals surface area contributed by atoms with Crippen molar-refractivity contribution in [3.63, 3.8) is 0 Å². The van der Waals surface area contributed by atoms with Gasteiger partial charge in [0.1, 0.15) is 12.1 Å². The summed E-state index contributed by atoms with van der Waals surface area (Å²) in [5, 5.41) is 0. The molecule has 1 aliphatic carbocycles. The fourth-order valence-electron chi connectivity index (χ4n) is 2.87. The molecule has 0 spiro atoms. The monoisotopic (exact) mass is 324 g/mol. The highest BCUT2D eigenvalue weighted by Gasteiger charge is 2.32. The molecule has 3 aromatic rings. The number of aromatic nitrogens is 3. The van der Waals surface area contributed by atoms with Crippen LogP contribution >= 0.6 is 0 Å². The third kappa shape index (κ3) is 2.91. The number of rotatable bonds is 6. The summed E-state index contributed by atoms with van der Waals surface area (Å²) in [6, 6.07) is 8.74. The van der Waals surface area contributed by atoms with Gasteiger partial charge in [0.15, 0.2) is 17.2 Å². The summed E-state index contributed by atoms with van der Waals surface area (Å²) in [4.78, 5) is 15.5. The zero-order chi connectivity index (χ0) is 16.5. The number of oxazole rings is 1. The van der Waals surface area contributed by atoms with Crippen LogP contribution in [0.2, 0.25) is 0 Å². The van der Waals surface area contributed by atoms with E-state index in [2.05, 4.69) is 32.0 Å². The summed E-state index contributed by atoms with van der Waals surface area (Å²) in [5.41, 5.74) is 2.51. The Hall–Kier alpha value is -2.63. The van der Waals surface area contributed by atoms with Crippen LogP contribution in [0.5, 0.6) is 5.75 Å². The van der Waals surface area contributed by atoms with Crippen LogP contribution in [-0.2, 0) is 6.54 Å². The van der Waals surface area contributed by atoms with Crippen molar-refractivity contribution in [2.45, 2.75) is 39.3 Å². The molecule has 0 amide bonds. The fourth-order valence-corrected chi connectivity index (χ4v) is 2.87. The second-order valence-electron chi connectivity index (χ2n) is 6.02. The topological polar surface area (TPSA) is 64.3 Å². The Morgan fingerprint density at radius 2 is 2.00 bits per heavy atom. The van der Waals surface area contributed by atoms with Crippen LogP contribution in [0.3, 0.4) is 0 Å². The molecule has 2 heterocycles. The summed E-state index contributed by atoms with van der Waals surface area (Å²) in [6.45, 7) is 5.29. The molecule has 124 valence electrons. The van der Waals surface area contributed by atoms with E-state index in [1.807, 2.05) is 26.0 Å². The Balaban J connectivity index is 1.64. The molecule has 6 heteroatoms. The van der Waals surface area contributed by atoms with Crippen LogP contribution in [0, 0.1) is 6.92 Å². The van der Waals surface area contributed by atoms with E-state index in [0.29, 0.717) is 24.3 Å². The van der Waals surface area contributed by atoms with Crippen LogP contribution in [0.1, 0.15) is 31.2 Å². The van der Waals surface area contributed by atoms with Gasteiger partial charge in [-0.05, 0) is 37.5 Å². The van der Waals surface area contributed by atoms with Crippen LogP contribution in [0.15, 0.2) is 35.0 Å². The van der Waals surface area contributed by atoms with Crippen LogP contribution in [0.25, 0.3) is 11.2 Å². The lowest BCUT2D eigenvalue weighted by molar-refractivity contribution is 0.340. The molecule has 0 aliphatic heterocycles. The quantitative estimate of drug-likeness (QED) is 0.691. The molecule has 0 atom stereocenters. The van der Waals surface area contributed by atoms with Gasteiger partial charge in [0, 0.05) is 19.5 Å². The zero-order valence-electron chi connectivity index (χ0n) is 13.9. The van der Waals surface area contributed by atoms with E-state index in [1.54, 1.807) is 6.33 Å². The predicted molar refractivity (Wildman–Crippen MR) is 91.2 cm³/mol. The summed E-state index contributed by atoms with van der Waals surface area (Å²) in [6.07, 6.45) is 3.91. The number of fused-ring (bicyclic) bond motifs is 1. The van der Waals surface area contributed by atoms with Crippen LogP contribution in [-0.4, -0.2) is 27.6 Å². The lowest BCUT2D eigenvalue weighted by Crippen LogP contribution is -2.26. The van der Waals surface area contributed by atoms with Crippen LogP contribution < -0.4 is 9.64 Å². The van der Waals surface area contributed by atoms with Gasteiger partial charge >= 0.3 is 0 Å². The van der Waals surface area contributed by atoms with Crippen molar-refractivity contribution < 1.29 is 9.15 Å². The van der Waals surface area contributed by atoms with E-state index >= 15 is 0 Å². The van der Waals surface area contributed by atoms with Gasteiger partial charge in [-0.3, -0.25) is 0 Å². The SMILES string of the molecule is CCOc1ccc(CN(c2ncnc3oc(C)nc23)C2CC2)cc1. The Labute approximate surface area is 140 Å². The average molecular weight is 324 g/mol. The number of hydrogen-bond acceptors (Lipinski definition) is 6. The standard InChI is InChI=1S/C18H20N4O2/c1-3-23-15-8-4-13(5-9-15)10-22(14-6-7-14)17-16-18(20-11-19-17)24-12(2)21-16/h4-5,8-9,11,14H,3,6-7,10H2,1-2H3. The van der Waals surface area contributed by atoms with E-state index in [9.17, 15) is 0 Å². The first-order valence-electron chi connectivity index (χ1n) is 8.31. The maximum absolute atomic E-state index is 5.55. The molecule has 4 rings (SSSR count).